The minimum atomic E-state index is -3.18. The molecule has 24 heavy (non-hydrogen) atoms. The first-order valence-corrected chi connectivity index (χ1v) is 10.6. The molecule has 0 aromatic carbocycles. The molecule has 3 rings (SSSR count). The summed E-state index contributed by atoms with van der Waals surface area (Å²) in [6.45, 7) is 3.13. The zero-order valence-electron chi connectivity index (χ0n) is 14.6. The lowest BCUT2D eigenvalue weighted by Gasteiger charge is -2.43. The van der Waals surface area contributed by atoms with Crippen LogP contribution in [0.4, 0.5) is 0 Å². The summed E-state index contributed by atoms with van der Waals surface area (Å²) < 4.78 is 30.9. The summed E-state index contributed by atoms with van der Waals surface area (Å²) in [7, 11) is -1.51. The highest BCUT2D eigenvalue weighted by atomic mass is 32.2. The molecule has 1 amide bonds. The number of ether oxygens (including phenoxy) is 1. The molecule has 7 heteroatoms. The Labute approximate surface area is 144 Å². The van der Waals surface area contributed by atoms with Crippen molar-refractivity contribution in [1.82, 2.24) is 9.21 Å². The fourth-order valence-electron chi connectivity index (χ4n) is 4.48. The van der Waals surface area contributed by atoms with E-state index in [9.17, 15) is 13.2 Å². The number of sulfonamides is 1. The van der Waals surface area contributed by atoms with Gasteiger partial charge in [0, 0.05) is 45.1 Å². The Hall–Kier alpha value is -0.920. The SMILES string of the molecule is COC[C@H]1CN(S(C)(=O)=O)CC12CCN(C(=O)C1CC=CC1)CC2. The Morgan fingerprint density at radius 1 is 1.25 bits per heavy atom. The van der Waals surface area contributed by atoms with Crippen LogP contribution < -0.4 is 0 Å². The van der Waals surface area contributed by atoms with Crippen LogP contribution >= 0.6 is 0 Å². The van der Waals surface area contributed by atoms with E-state index in [0.29, 0.717) is 19.7 Å². The van der Waals surface area contributed by atoms with E-state index in [1.54, 1.807) is 11.4 Å². The molecule has 2 saturated heterocycles. The molecule has 0 saturated carbocycles. The fraction of sp³-hybridized carbons (Fsp3) is 0.824. The molecule has 2 fully saturated rings. The molecule has 3 aliphatic rings. The molecule has 1 spiro atoms. The summed E-state index contributed by atoms with van der Waals surface area (Å²) in [6, 6.07) is 0. The van der Waals surface area contributed by atoms with Crippen LogP contribution in [0.5, 0.6) is 0 Å². The van der Waals surface area contributed by atoms with Gasteiger partial charge in [0.15, 0.2) is 0 Å². The number of rotatable bonds is 4. The smallest absolute Gasteiger partial charge is 0.226 e. The molecule has 0 unspecified atom stereocenters. The zero-order chi connectivity index (χ0) is 17.4. The van der Waals surface area contributed by atoms with Crippen LogP contribution in [0.3, 0.4) is 0 Å². The highest BCUT2D eigenvalue weighted by molar-refractivity contribution is 7.88. The lowest BCUT2D eigenvalue weighted by molar-refractivity contribution is -0.138. The number of hydrogen-bond donors (Lipinski definition) is 0. The van der Waals surface area contributed by atoms with E-state index in [4.69, 9.17) is 4.74 Å². The van der Waals surface area contributed by atoms with Gasteiger partial charge in [-0.3, -0.25) is 4.79 Å². The maximum absolute atomic E-state index is 12.6. The van der Waals surface area contributed by atoms with Crippen LogP contribution in [0.1, 0.15) is 25.7 Å². The molecular weight excluding hydrogens is 328 g/mol. The van der Waals surface area contributed by atoms with Gasteiger partial charge in [-0.1, -0.05) is 12.2 Å². The van der Waals surface area contributed by atoms with Crippen molar-refractivity contribution in [3.8, 4) is 0 Å². The second kappa shape index (κ2) is 6.77. The lowest BCUT2D eigenvalue weighted by atomic mass is 9.71. The number of hydrogen-bond acceptors (Lipinski definition) is 4. The number of piperidine rings is 1. The zero-order valence-corrected chi connectivity index (χ0v) is 15.4. The maximum Gasteiger partial charge on any atom is 0.226 e. The molecule has 0 bridgehead atoms. The fourth-order valence-corrected chi connectivity index (χ4v) is 5.43. The average Bonchev–Trinajstić information content (AvgIpc) is 3.17. The van der Waals surface area contributed by atoms with Gasteiger partial charge >= 0.3 is 0 Å². The summed E-state index contributed by atoms with van der Waals surface area (Å²) in [6.07, 6.45) is 8.88. The van der Waals surface area contributed by atoms with Crippen molar-refractivity contribution >= 4 is 15.9 Å². The van der Waals surface area contributed by atoms with E-state index >= 15 is 0 Å². The Kier molecular flexibility index (Phi) is 5.04. The Bertz CT molecular complexity index is 600. The summed E-state index contributed by atoms with van der Waals surface area (Å²) >= 11 is 0. The topological polar surface area (TPSA) is 66.9 Å². The van der Waals surface area contributed by atoms with Gasteiger partial charge in [-0.05, 0) is 31.1 Å². The van der Waals surface area contributed by atoms with Gasteiger partial charge in [-0.2, -0.15) is 0 Å². The molecule has 1 aliphatic carbocycles. The highest BCUT2D eigenvalue weighted by Gasteiger charge is 2.50. The van der Waals surface area contributed by atoms with Gasteiger partial charge in [0.1, 0.15) is 0 Å². The second-order valence-electron chi connectivity index (χ2n) is 7.54. The van der Waals surface area contributed by atoms with Gasteiger partial charge < -0.3 is 9.64 Å². The number of nitrogens with zero attached hydrogens (tertiary/aromatic N) is 2. The minimum Gasteiger partial charge on any atom is -0.384 e. The highest BCUT2D eigenvalue weighted by Crippen LogP contribution is 2.45. The van der Waals surface area contributed by atoms with Crippen LogP contribution in [0, 0.1) is 17.3 Å². The van der Waals surface area contributed by atoms with Gasteiger partial charge in [0.2, 0.25) is 15.9 Å². The van der Waals surface area contributed by atoms with E-state index in [1.165, 1.54) is 6.26 Å². The molecule has 0 N–H and O–H groups in total. The predicted molar refractivity (Wildman–Crippen MR) is 91.9 cm³/mol. The number of likely N-dealkylation sites (tertiary alicyclic amines) is 1. The monoisotopic (exact) mass is 356 g/mol. The van der Waals surface area contributed by atoms with E-state index < -0.39 is 10.0 Å². The first kappa shape index (κ1) is 17.9. The van der Waals surface area contributed by atoms with Crippen molar-refractivity contribution in [3.63, 3.8) is 0 Å². The number of methoxy groups -OCH3 is 1. The van der Waals surface area contributed by atoms with Crippen LogP contribution in [0.2, 0.25) is 0 Å². The number of carbonyl (C=O) groups excluding carboxylic acids is 1. The first-order chi connectivity index (χ1) is 11.4. The van der Waals surface area contributed by atoms with Gasteiger partial charge in [-0.25, -0.2) is 12.7 Å². The van der Waals surface area contributed by atoms with E-state index in [0.717, 1.165) is 38.8 Å². The summed E-state index contributed by atoms with van der Waals surface area (Å²) in [5, 5.41) is 0. The van der Waals surface area contributed by atoms with Crippen molar-refractivity contribution in [2.45, 2.75) is 25.7 Å². The van der Waals surface area contributed by atoms with Crippen LogP contribution in [-0.4, -0.2) is 69.7 Å². The third-order valence-electron chi connectivity index (χ3n) is 6.05. The summed E-state index contributed by atoms with van der Waals surface area (Å²) in [4.78, 5) is 14.6. The first-order valence-electron chi connectivity index (χ1n) is 8.73. The van der Waals surface area contributed by atoms with Gasteiger partial charge in [-0.15, -0.1) is 0 Å². The number of carbonyl (C=O) groups is 1. The molecule has 6 nitrogen and oxygen atoms in total. The molecule has 0 radical (unpaired) electrons. The molecule has 0 aromatic heterocycles. The maximum atomic E-state index is 12.6. The molecule has 0 aromatic rings. The van der Waals surface area contributed by atoms with Crippen LogP contribution in [-0.2, 0) is 19.6 Å². The van der Waals surface area contributed by atoms with Crippen molar-refractivity contribution in [2.75, 3.05) is 46.2 Å². The average molecular weight is 356 g/mol. The van der Waals surface area contributed by atoms with Crippen molar-refractivity contribution < 1.29 is 17.9 Å². The second-order valence-corrected chi connectivity index (χ2v) is 9.52. The normalized spacial score (nSPS) is 28.1. The van der Waals surface area contributed by atoms with E-state index in [2.05, 4.69) is 12.2 Å². The summed E-state index contributed by atoms with van der Waals surface area (Å²) in [5.74, 6) is 0.587. The molecule has 136 valence electrons. The third kappa shape index (κ3) is 3.39. The van der Waals surface area contributed by atoms with Gasteiger partial charge in [0.05, 0.1) is 12.9 Å². The van der Waals surface area contributed by atoms with E-state index in [-0.39, 0.29) is 23.2 Å². The Morgan fingerprint density at radius 2 is 1.88 bits per heavy atom. The Morgan fingerprint density at radius 3 is 2.42 bits per heavy atom. The van der Waals surface area contributed by atoms with Crippen molar-refractivity contribution in [2.24, 2.45) is 17.3 Å². The Balaban J connectivity index is 1.67. The van der Waals surface area contributed by atoms with Crippen molar-refractivity contribution in [3.05, 3.63) is 12.2 Å². The van der Waals surface area contributed by atoms with Crippen LogP contribution in [0.25, 0.3) is 0 Å². The van der Waals surface area contributed by atoms with E-state index in [1.807, 2.05) is 4.90 Å². The van der Waals surface area contributed by atoms with Crippen molar-refractivity contribution in [1.29, 1.82) is 0 Å². The molecule has 2 aliphatic heterocycles. The quantitative estimate of drug-likeness (QED) is 0.708. The standard InChI is InChI=1S/C17H28N2O4S/c1-23-12-15-11-19(24(2,21)22)13-17(15)7-9-18(10-8-17)16(20)14-5-3-4-6-14/h3-4,14-15H,5-13H2,1-2H3/t15-/m1/s1. The number of allylic oxidation sites excluding steroid dienone is 2. The summed E-state index contributed by atoms with van der Waals surface area (Å²) in [5.41, 5.74) is -0.0518. The minimum absolute atomic E-state index is 0.0518. The predicted octanol–water partition coefficient (Wildman–Crippen LogP) is 1.10. The molecule has 1 atom stereocenters. The van der Waals surface area contributed by atoms with Crippen LogP contribution in [0.15, 0.2) is 12.2 Å². The largest absolute Gasteiger partial charge is 0.384 e. The lowest BCUT2D eigenvalue weighted by Crippen LogP contribution is -2.48. The van der Waals surface area contributed by atoms with Gasteiger partial charge in [0.25, 0.3) is 0 Å². The molecule has 2 heterocycles. The third-order valence-corrected chi connectivity index (χ3v) is 7.26. The molecular formula is C17H28N2O4S. The number of amides is 1.